The minimum absolute atomic E-state index is 0.471. The zero-order valence-electron chi connectivity index (χ0n) is 13.3. The molecule has 0 aromatic carbocycles. The topological polar surface area (TPSA) is 75.5 Å². The average Bonchev–Trinajstić information content (AvgIpc) is 2.93. The van der Waals surface area contributed by atoms with E-state index in [1.54, 1.807) is 13.8 Å². The molecule has 0 amide bonds. The van der Waals surface area contributed by atoms with Gasteiger partial charge in [0.2, 0.25) is 5.89 Å². The van der Waals surface area contributed by atoms with E-state index in [1.165, 1.54) is 0 Å². The van der Waals surface area contributed by atoms with Gasteiger partial charge in [-0.25, -0.2) is 0 Å². The normalized spacial score (nSPS) is 12.3. The summed E-state index contributed by atoms with van der Waals surface area (Å²) in [7, 11) is 0. The quantitative estimate of drug-likeness (QED) is 0.882. The molecule has 0 aliphatic carbocycles. The maximum Gasteiger partial charge on any atom is 0.251 e. The van der Waals surface area contributed by atoms with Crippen LogP contribution in [0.5, 0.6) is 0 Å². The summed E-state index contributed by atoms with van der Waals surface area (Å²) in [6.45, 7) is 11.2. The van der Waals surface area contributed by atoms with Gasteiger partial charge in [-0.15, -0.1) is 10.2 Å². The second-order valence-corrected chi connectivity index (χ2v) is 5.94. The van der Waals surface area contributed by atoms with Crippen LogP contribution in [0.15, 0.2) is 14.9 Å². The largest absolute Gasteiger partial charge is 0.466 e. The predicted molar refractivity (Wildman–Crippen MR) is 78.7 cm³/mol. The second kappa shape index (κ2) is 5.99. The van der Waals surface area contributed by atoms with Gasteiger partial charge in [-0.05, 0) is 40.3 Å². The number of aryl methyl sites for hydroxylation is 2. The summed E-state index contributed by atoms with van der Waals surface area (Å²) >= 11 is 0. The van der Waals surface area contributed by atoms with Crippen LogP contribution >= 0.6 is 0 Å². The highest BCUT2D eigenvalue weighted by molar-refractivity contribution is 5.55. The van der Waals surface area contributed by atoms with E-state index in [1.807, 2.05) is 26.8 Å². The van der Waals surface area contributed by atoms with Crippen molar-refractivity contribution in [2.45, 2.75) is 46.8 Å². The summed E-state index contributed by atoms with van der Waals surface area (Å²) in [5.74, 6) is 2.60. The molecule has 2 heterocycles. The van der Waals surface area contributed by atoms with E-state index in [9.17, 15) is 5.11 Å². The van der Waals surface area contributed by atoms with Crippen LogP contribution in [0.1, 0.15) is 38.2 Å². The molecule has 6 heteroatoms. The number of rotatable bonds is 6. The molecule has 0 aliphatic rings. The molecule has 0 fully saturated rings. The van der Waals surface area contributed by atoms with Crippen molar-refractivity contribution >= 4 is 0 Å². The third-order valence-electron chi connectivity index (χ3n) is 3.15. The van der Waals surface area contributed by atoms with Crippen molar-refractivity contribution in [1.29, 1.82) is 0 Å². The van der Waals surface area contributed by atoms with Gasteiger partial charge in [0.15, 0.2) is 0 Å². The monoisotopic (exact) mass is 293 g/mol. The SMILES string of the molecule is CCN(Cc1nnc(-c2cc(C)oc2C)o1)CC(C)(C)O. The molecule has 2 aromatic heterocycles. The van der Waals surface area contributed by atoms with E-state index in [4.69, 9.17) is 8.83 Å². The minimum atomic E-state index is -0.753. The van der Waals surface area contributed by atoms with Gasteiger partial charge in [0, 0.05) is 6.54 Å². The third-order valence-corrected chi connectivity index (χ3v) is 3.15. The fourth-order valence-electron chi connectivity index (χ4n) is 2.29. The number of likely N-dealkylation sites (N-methyl/N-ethyl adjacent to an activating group) is 1. The van der Waals surface area contributed by atoms with Gasteiger partial charge in [-0.3, -0.25) is 4.90 Å². The summed E-state index contributed by atoms with van der Waals surface area (Å²) in [5.41, 5.74) is 0.0775. The lowest BCUT2D eigenvalue weighted by molar-refractivity contribution is 0.0329. The van der Waals surface area contributed by atoms with Crippen molar-refractivity contribution in [3.05, 3.63) is 23.5 Å². The molecule has 0 atom stereocenters. The highest BCUT2D eigenvalue weighted by Gasteiger charge is 2.20. The van der Waals surface area contributed by atoms with Crippen LogP contribution in [0.25, 0.3) is 11.5 Å². The predicted octanol–water partition coefficient (Wildman–Crippen LogP) is 2.54. The first-order valence-corrected chi connectivity index (χ1v) is 7.13. The molecule has 116 valence electrons. The Morgan fingerprint density at radius 2 is 1.95 bits per heavy atom. The first-order chi connectivity index (χ1) is 9.78. The summed E-state index contributed by atoms with van der Waals surface area (Å²) in [5, 5.41) is 18.1. The van der Waals surface area contributed by atoms with Gasteiger partial charge in [-0.2, -0.15) is 0 Å². The summed E-state index contributed by atoms with van der Waals surface area (Å²) < 4.78 is 11.2. The van der Waals surface area contributed by atoms with Crippen LogP contribution in [0, 0.1) is 13.8 Å². The zero-order chi connectivity index (χ0) is 15.6. The molecule has 0 saturated heterocycles. The number of nitrogens with zero attached hydrogens (tertiary/aromatic N) is 3. The van der Waals surface area contributed by atoms with Crippen molar-refractivity contribution < 1.29 is 13.9 Å². The Morgan fingerprint density at radius 3 is 2.48 bits per heavy atom. The Labute approximate surface area is 124 Å². The van der Waals surface area contributed by atoms with E-state index in [0.29, 0.717) is 24.9 Å². The highest BCUT2D eigenvalue weighted by atomic mass is 16.4. The van der Waals surface area contributed by atoms with Crippen LogP contribution in [0.4, 0.5) is 0 Å². The molecule has 0 bridgehead atoms. The van der Waals surface area contributed by atoms with Gasteiger partial charge in [0.25, 0.3) is 5.89 Å². The number of hydrogen-bond acceptors (Lipinski definition) is 6. The maximum absolute atomic E-state index is 9.90. The van der Waals surface area contributed by atoms with Crippen LogP contribution in [-0.4, -0.2) is 38.9 Å². The van der Waals surface area contributed by atoms with Gasteiger partial charge >= 0.3 is 0 Å². The summed E-state index contributed by atoms with van der Waals surface area (Å²) in [6, 6.07) is 1.89. The first kappa shape index (κ1) is 15.7. The van der Waals surface area contributed by atoms with Crippen molar-refractivity contribution in [1.82, 2.24) is 15.1 Å². The molecular weight excluding hydrogens is 270 g/mol. The van der Waals surface area contributed by atoms with Gasteiger partial charge in [0.05, 0.1) is 17.7 Å². The van der Waals surface area contributed by atoms with Crippen LogP contribution in [0.2, 0.25) is 0 Å². The van der Waals surface area contributed by atoms with Gasteiger partial charge < -0.3 is 13.9 Å². The highest BCUT2D eigenvalue weighted by Crippen LogP contribution is 2.25. The van der Waals surface area contributed by atoms with Crippen LogP contribution in [0.3, 0.4) is 0 Å². The lowest BCUT2D eigenvalue weighted by Gasteiger charge is -2.26. The lowest BCUT2D eigenvalue weighted by Crippen LogP contribution is -2.38. The molecule has 2 aromatic rings. The van der Waals surface area contributed by atoms with E-state index in [2.05, 4.69) is 15.1 Å². The molecule has 2 rings (SSSR count). The maximum atomic E-state index is 9.90. The first-order valence-electron chi connectivity index (χ1n) is 7.13. The number of furan rings is 1. The van der Waals surface area contributed by atoms with E-state index >= 15 is 0 Å². The number of aliphatic hydroxyl groups is 1. The Hall–Kier alpha value is -1.66. The van der Waals surface area contributed by atoms with E-state index in [0.717, 1.165) is 23.6 Å². The summed E-state index contributed by atoms with van der Waals surface area (Å²) in [6.07, 6.45) is 0. The van der Waals surface area contributed by atoms with Crippen molar-refractivity contribution in [3.63, 3.8) is 0 Å². The average molecular weight is 293 g/mol. The number of hydrogen-bond donors (Lipinski definition) is 1. The Balaban J connectivity index is 2.11. The van der Waals surface area contributed by atoms with E-state index < -0.39 is 5.60 Å². The third kappa shape index (κ3) is 4.15. The molecule has 6 nitrogen and oxygen atoms in total. The Kier molecular flexibility index (Phi) is 4.49. The van der Waals surface area contributed by atoms with Gasteiger partial charge in [0.1, 0.15) is 11.5 Å². The smallest absolute Gasteiger partial charge is 0.251 e. The minimum Gasteiger partial charge on any atom is -0.466 e. The summed E-state index contributed by atoms with van der Waals surface area (Å²) in [4.78, 5) is 2.06. The van der Waals surface area contributed by atoms with Crippen LogP contribution in [-0.2, 0) is 6.54 Å². The van der Waals surface area contributed by atoms with Crippen molar-refractivity contribution in [2.75, 3.05) is 13.1 Å². The Bertz CT molecular complexity index is 596. The molecular formula is C15H23N3O3. The molecule has 0 spiro atoms. The molecule has 1 N–H and O–H groups in total. The van der Waals surface area contributed by atoms with Crippen molar-refractivity contribution in [3.8, 4) is 11.5 Å². The second-order valence-electron chi connectivity index (χ2n) is 5.94. The number of aromatic nitrogens is 2. The molecule has 0 unspecified atom stereocenters. The molecule has 21 heavy (non-hydrogen) atoms. The van der Waals surface area contributed by atoms with Crippen molar-refractivity contribution in [2.24, 2.45) is 0 Å². The molecule has 0 saturated carbocycles. The standard InChI is InChI=1S/C15H23N3O3/c1-6-18(9-15(4,5)19)8-13-16-17-14(21-13)12-7-10(2)20-11(12)3/h7,19H,6,8-9H2,1-5H3. The molecule has 0 aliphatic heterocycles. The zero-order valence-corrected chi connectivity index (χ0v) is 13.3. The van der Waals surface area contributed by atoms with E-state index in [-0.39, 0.29) is 0 Å². The fourth-order valence-corrected chi connectivity index (χ4v) is 2.29. The van der Waals surface area contributed by atoms with Crippen LogP contribution < -0.4 is 0 Å². The lowest BCUT2D eigenvalue weighted by atomic mass is 10.1. The molecule has 0 radical (unpaired) electrons. The fraction of sp³-hybridized carbons (Fsp3) is 0.600. The van der Waals surface area contributed by atoms with Gasteiger partial charge in [-0.1, -0.05) is 6.92 Å². The Morgan fingerprint density at radius 1 is 1.24 bits per heavy atom.